The molecule has 0 radical (unpaired) electrons. The van der Waals surface area contributed by atoms with Gasteiger partial charge in [0, 0.05) is 5.69 Å². The Kier molecular flexibility index (Phi) is 5.18. The quantitative estimate of drug-likeness (QED) is 0.734. The molecule has 1 aliphatic rings. The fraction of sp³-hybridized carbons (Fsp3) is 0.300. The van der Waals surface area contributed by atoms with Gasteiger partial charge in [-0.15, -0.1) is 0 Å². The van der Waals surface area contributed by atoms with Gasteiger partial charge in [-0.2, -0.15) is 0 Å². The van der Waals surface area contributed by atoms with Gasteiger partial charge in [-0.25, -0.2) is 0 Å². The van der Waals surface area contributed by atoms with Crippen molar-refractivity contribution in [3.63, 3.8) is 0 Å². The van der Waals surface area contributed by atoms with Crippen molar-refractivity contribution in [2.75, 3.05) is 10.6 Å². The number of rotatable bonds is 6. The first-order valence-corrected chi connectivity index (χ1v) is 8.93. The van der Waals surface area contributed by atoms with E-state index in [4.69, 9.17) is 16.3 Å². The molecule has 5 nitrogen and oxygen atoms in total. The average molecular weight is 373 g/mol. The van der Waals surface area contributed by atoms with E-state index in [-0.39, 0.29) is 17.9 Å². The molecular formula is C20H21ClN2O3. The van der Waals surface area contributed by atoms with Crippen molar-refractivity contribution in [1.82, 2.24) is 0 Å². The molecule has 1 aliphatic carbocycles. The zero-order chi connectivity index (χ0) is 18.7. The second-order valence-electron chi connectivity index (χ2n) is 6.66. The van der Waals surface area contributed by atoms with E-state index in [1.54, 1.807) is 48.5 Å². The molecule has 0 heterocycles. The van der Waals surface area contributed by atoms with Crippen LogP contribution in [-0.4, -0.2) is 17.9 Å². The smallest absolute Gasteiger partial charge is 0.240 e. The van der Waals surface area contributed by atoms with Crippen molar-refractivity contribution in [2.45, 2.75) is 32.8 Å². The molecule has 0 saturated heterocycles. The Balaban J connectivity index is 1.65. The Bertz CT molecular complexity index is 814. The lowest BCUT2D eigenvalue weighted by atomic mass is 10.0. The van der Waals surface area contributed by atoms with E-state index in [2.05, 4.69) is 10.6 Å². The summed E-state index contributed by atoms with van der Waals surface area (Å²) in [5, 5.41) is 6.02. The number of carbonyl (C=O) groups excluding carboxylic acids is 2. The number of benzene rings is 2. The summed E-state index contributed by atoms with van der Waals surface area (Å²) >= 11 is 6.07. The number of halogens is 1. The van der Waals surface area contributed by atoms with Gasteiger partial charge in [-0.3, -0.25) is 9.59 Å². The van der Waals surface area contributed by atoms with Crippen molar-refractivity contribution in [1.29, 1.82) is 0 Å². The van der Waals surface area contributed by atoms with Crippen LogP contribution < -0.4 is 15.4 Å². The van der Waals surface area contributed by atoms with Crippen LogP contribution in [0.1, 0.15) is 26.7 Å². The summed E-state index contributed by atoms with van der Waals surface area (Å²) in [5.41, 5.74) is 0.100. The lowest BCUT2D eigenvalue weighted by Gasteiger charge is -2.16. The van der Waals surface area contributed by atoms with Gasteiger partial charge < -0.3 is 15.4 Å². The van der Waals surface area contributed by atoms with E-state index in [1.807, 2.05) is 13.8 Å². The van der Waals surface area contributed by atoms with Gasteiger partial charge in [0.25, 0.3) is 0 Å². The number of para-hydroxylation sites is 1. The van der Waals surface area contributed by atoms with Crippen molar-refractivity contribution in [3.05, 3.63) is 53.6 Å². The third-order valence-electron chi connectivity index (χ3n) is 4.23. The Morgan fingerprint density at radius 3 is 2.19 bits per heavy atom. The molecule has 0 bridgehead atoms. The van der Waals surface area contributed by atoms with Gasteiger partial charge in [0.15, 0.2) is 0 Å². The molecule has 136 valence electrons. The van der Waals surface area contributed by atoms with E-state index in [0.29, 0.717) is 29.2 Å². The first-order valence-electron chi connectivity index (χ1n) is 8.55. The molecule has 2 aromatic rings. The molecule has 0 spiro atoms. The van der Waals surface area contributed by atoms with Gasteiger partial charge in [-0.05, 0) is 63.1 Å². The zero-order valence-corrected chi connectivity index (χ0v) is 15.5. The molecule has 1 fully saturated rings. The number of hydrogen-bond acceptors (Lipinski definition) is 3. The summed E-state index contributed by atoms with van der Waals surface area (Å²) in [6.45, 7) is 3.90. The maximum atomic E-state index is 12.6. The zero-order valence-electron chi connectivity index (χ0n) is 14.7. The van der Waals surface area contributed by atoms with Crippen LogP contribution in [-0.2, 0) is 9.59 Å². The van der Waals surface area contributed by atoms with Crippen LogP contribution in [0.25, 0.3) is 0 Å². The van der Waals surface area contributed by atoms with Crippen LogP contribution in [0.5, 0.6) is 5.75 Å². The van der Waals surface area contributed by atoms with Crippen LogP contribution in [0.15, 0.2) is 48.5 Å². The van der Waals surface area contributed by atoms with E-state index in [0.717, 1.165) is 5.75 Å². The second-order valence-corrected chi connectivity index (χ2v) is 7.07. The van der Waals surface area contributed by atoms with Gasteiger partial charge in [0.05, 0.1) is 16.8 Å². The third kappa shape index (κ3) is 3.99. The number of nitrogens with one attached hydrogen (secondary N) is 2. The van der Waals surface area contributed by atoms with E-state index in [1.165, 1.54) is 0 Å². The summed E-state index contributed by atoms with van der Waals surface area (Å²) in [7, 11) is 0. The third-order valence-corrected chi connectivity index (χ3v) is 4.55. The molecule has 2 amide bonds. The lowest BCUT2D eigenvalue weighted by molar-refractivity contribution is -0.131. The minimum absolute atomic E-state index is 0.0821. The predicted molar refractivity (Wildman–Crippen MR) is 103 cm³/mol. The number of anilines is 2. The van der Waals surface area contributed by atoms with Crippen LogP contribution >= 0.6 is 11.6 Å². The number of hydrogen-bond donors (Lipinski definition) is 2. The topological polar surface area (TPSA) is 67.4 Å². The van der Waals surface area contributed by atoms with Crippen molar-refractivity contribution >= 4 is 34.8 Å². The molecule has 0 unspecified atom stereocenters. The van der Waals surface area contributed by atoms with Crippen LogP contribution in [0.2, 0.25) is 5.02 Å². The minimum atomic E-state index is -1.04. The Hall–Kier alpha value is -2.53. The Morgan fingerprint density at radius 1 is 1.00 bits per heavy atom. The highest BCUT2D eigenvalue weighted by Crippen LogP contribution is 2.47. The maximum Gasteiger partial charge on any atom is 0.240 e. The first kappa shape index (κ1) is 18.3. The van der Waals surface area contributed by atoms with Gasteiger partial charge >= 0.3 is 0 Å². The summed E-state index contributed by atoms with van der Waals surface area (Å²) in [6, 6.07) is 14.1. The molecule has 0 aliphatic heterocycles. The van der Waals surface area contributed by atoms with Gasteiger partial charge in [0.2, 0.25) is 11.8 Å². The molecule has 26 heavy (non-hydrogen) atoms. The van der Waals surface area contributed by atoms with Gasteiger partial charge in [0.1, 0.15) is 11.2 Å². The SMILES string of the molecule is CC(C)Oc1ccc(NC(=O)C2(C(=O)Nc3ccccc3Cl)CC2)cc1. The highest BCUT2D eigenvalue weighted by atomic mass is 35.5. The van der Waals surface area contributed by atoms with E-state index < -0.39 is 5.41 Å². The van der Waals surface area contributed by atoms with Crippen molar-refractivity contribution in [3.8, 4) is 5.75 Å². The number of amides is 2. The standard InChI is InChI=1S/C20H21ClN2O3/c1-13(2)26-15-9-7-14(8-10-15)22-18(24)20(11-12-20)19(25)23-17-6-4-3-5-16(17)21/h3-10,13H,11-12H2,1-2H3,(H,22,24)(H,23,25). The molecular weight excluding hydrogens is 352 g/mol. The van der Waals surface area contributed by atoms with E-state index >= 15 is 0 Å². The summed E-state index contributed by atoms with van der Waals surface area (Å²) in [4.78, 5) is 25.2. The fourth-order valence-electron chi connectivity index (χ4n) is 2.63. The summed E-state index contributed by atoms with van der Waals surface area (Å²) < 4.78 is 5.58. The Morgan fingerprint density at radius 2 is 1.62 bits per heavy atom. The summed E-state index contributed by atoms with van der Waals surface area (Å²) in [5.74, 6) is 0.0954. The summed E-state index contributed by atoms with van der Waals surface area (Å²) in [6.07, 6.45) is 1.12. The fourth-order valence-corrected chi connectivity index (χ4v) is 2.81. The molecule has 0 aromatic heterocycles. The van der Waals surface area contributed by atoms with Crippen LogP contribution in [0, 0.1) is 5.41 Å². The number of carbonyl (C=O) groups is 2. The highest BCUT2D eigenvalue weighted by Gasteiger charge is 2.56. The first-order chi connectivity index (χ1) is 12.4. The minimum Gasteiger partial charge on any atom is -0.491 e. The monoisotopic (exact) mass is 372 g/mol. The van der Waals surface area contributed by atoms with Crippen molar-refractivity contribution < 1.29 is 14.3 Å². The average Bonchev–Trinajstić information content (AvgIpc) is 3.40. The maximum absolute atomic E-state index is 12.6. The normalized spacial score (nSPS) is 14.6. The van der Waals surface area contributed by atoms with Crippen LogP contribution in [0.4, 0.5) is 11.4 Å². The van der Waals surface area contributed by atoms with Crippen molar-refractivity contribution in [2.24, 2.45) is 5.41 Å². The van der Waals surface area contributed by atoms with Crippen LogP contribution in [0.3, 0.4) is 0 Å². The molecule has 3 rings (SSSR count). The molecule has 2 N–H and O–H groups in total. The molecule has 0 atom stereocenters. The largest absolute Gasteiger partial charge is 0.491 e. The van der Waals surface area contributed by atoms with E-state index in [9.17, 15) is 9.59 Å². The predicted octanol–water partition coefficient (Wildman–Crippen LogP) is 4.48. The Labute approximate surface area is 157 Å². The highest BCUT2D eigenvalue weighted by molar-refractivity contribution is 6.34. The molecule has 1 saturated carbocycles. The molecule has 6 heteroatoms. The van der Waals surface area contributed by atoms with Gasteiger partial charge in [-0.1, -0.05) is 23.7 Å². The second kappa shape index (κ2) is 7.38. The lowest BCUT2D eigenvalue weighted by Crippen LogP contribution is -2.35. The number of ether oxygens (including phenoxy) is 1. The molecule has 2 aromatic carbocycles.